The molecule has 2 rings (SSSR count). The Bertz CT molecular complexity index is 429. The van der Waals surface area contributed by atoms with Crippen molar-refractivity contribution in [2.75, 3.05) is 5.32 Å². The largest absolute Gasteiger partial charge is 0.492 e. The minimum Gasteiger partial charge on any atom is -0.492 e. The third kappa shape index (κ3) is 2.47. The predicted molar refractivity (Wildman–Crippen MR) is 59.7 cm³/mol. The van der Waals surface area contributed by atoms with Crippen LogP contribution in [0.5, 0.6) is 5.88 Å². The van der Waals surface area contributed by atoms with E-state index < -0.39 is 0 Å². The van der Waals surface area contributed by atoms with Gasteiger partial charge in [-0.1, -0.05) is 30.3 Å². The first kappa shape index (κ1) is 9.52. The average Bonchev–Trinajstić information content (AvgIpc) is 2.29. The molecular weight excluding hydrogens is 188 g/mol. The van der Waals surface area contributed by atoms with Gasteiger partial charge in [0.1, 0.15) is 0 Å². The molecule has 3 heteroatoms. The Morgan fingerprint density at radius 3 is 2.60 bits per heavy atom. The lowest BCUT2D eigenvalue weighted by molar-refractivity contribution is 0.455. The summed E-state index contributed by atoms with van der Waals surface area (Å²) in [6.07, 6.45) is 1.56. The molecule has 15 heavy (non-hydrogen) atoms. The van der Waals surface area contributed by atoms with E-state index >= 15 is 0 Å². The second-order valence-corrected chi connectivity index (χ2v) is 3.21. The minimum atomic E-state index is 0.0356. The predicted octanol–water partition coefficient (Wildman–Crippen LogP) is 2.40. The first-order chi connectivity index (χ1) is 7.36. The molecule has 0 fully saturated rings. The number of nitrogens with one attached hydrogen (secondary N) is 1. The zero-order valence-electron chi connectivity index (χ0n) is 8.22. The molecule has 0 aliphatic rings. The normalized spacial score (nSPS) is 9.87. The lowest BCUT2D eigenvalue weighted by Crippen LogP contribution is -1.99. The Kier molecular flexibility index (Phi) is 2.83. The van der Waals surface area contributed by atoms with Gasteiger partial charge in [0.15, 0.2) is 0 Å². The van der Waals surface area contributed by atoms with Crippen molar-refractivity contribution >= 4 is 5.69 Å². The zero-order valence-corrected chi connectivity index (χ0v) is 8.22. The molecule has 0 saturated heterocycles. The SMILES string of the molecule is Oc1ncccc1NCc1ccccc1. The number of aromatic nitrogens is 1. The van der Waals surface area contributed by atoms with Crippen LogP contribution in [-0.4, -0.2) is 10.1 Å². The number of hydrogen-bond acceptors (Lipinski definition) is 3. The number of nitrogens with zero attached hydrogens (tertiary/aromatic N) is 1. The second-order valence-electron chi connectivity index (χ2n) is 3.21. The fourth-order valence-electron chi connectivity index (χ4n) is 1.33. The maximum atomic E-state index is 9.41. The third-order valence-electron chi connectivity index (χ3n) is 2.11. The molecule has 0 aliphatic carbocycles. The summed E-state index contributed by atoms with van der Waals surface area (Å²) in [4.78, 5) is 3.78. The van der Waals surface area contributed by atoms with Crippen molar-refractivity contribution in [1.82, 2.24) is 4.98 Å². The van der Waals surface area contributed by atoms with Crippen LogP contribution in [-0.2, 0) is 6.54 Å². The summed E-state index contributed by atoms with van der Waals surface area (Å²) in [6.45, 7) is 0.681. The molecule has 0 unspecified atom stereocenters. The second kappa shape index (κ2) is 4.46. The maximum Gasteiger partial charge on any atom is 0.234 e. The number of pyridine rings is 1. The van der Waals surface area contributed by atoms with E-state index in [1.807, 2.05) is 30.3 Å². The van der Waals surface area contributed by atoms with Gasteiger partial charge in [0.05, 0.1) is 5.69 Å². The van der Waals surface area contributed by atoms with Crippen LogP contribution in [0.15, 0.2) is 48.7 Å². The van der Waals surface area contributed by atoms with Crippen LogP contribution in [0.25, 0.3) is 0 Å². The Labute approximate surface area is 88.4 Å². The van der Waals surface area contributed by atoms with Crippen molar-refractivity contribution in [2.45, 2.75) is 6.54 Å². The van der Waals surface area contributed by atoms with Gasteiger partial charge in [-0.25, -0.2) is 4.98 Å². The number of hydrogen-bond donors (Lipinski definition) is 2. The topological polar surface area (TPSA) is 45.2 Å². The molecule has 0 spiro atoms. The highest BCUT2D eigenvalue weighted by Crippen LogP contribution is 2.18. The molecular formula is C12H12N2O. The molecule has 0 bridgehead atoms. The Balaban J connectivity index is 2.03. The summed E-state index contributed by atoms with van der Waals surface area (Å²) < 4.78 is 0. The fraction of sp³-hybridized carbons (Fsp3) is 0.0833. The van der Waals surface area contributed by atoms with E-state index in [4.69, 9.17) is 0 Å². The van der Waals surface area contributed by atoms with E-state index in [2.05, 4.69) is 10.3 Å². The Morgan fingerprint density at radius 1 is 1.07 bits per heavy atom. The van der Waals surface area contributed by atoms with Gasteiger partial charge in [-0.3, -0.25) is 0 Å². The minimum absolute atomic E-state index is 0.0356. The van der Waals surface area contributed by atoms with Gasteiger partial charge in [0.2, 0.25) is 5.88 Å². The summed E-state index contributed by atoms with van der Waals surface area (Å²) in [5.74, 6) is 0.0356. The van der Waals surface area contributed by atoms with Crippen molar-refractivity contribution < 1.29 is 5.11 Å². The maximum absolute atomic E-state index is 9.41. The van der Waals surface area contributed by atoms with Crippen LogP contribution in [0, 0.1) is 0 Å². The molecule has 0 amide bonds. The number of rotatable bonds is 3. The lowest BCUT2D eigenvalue weighted by atomic mass is 10.2. The van der Waals surface area contributed by atoms with Crippen LogP contribution >= 0.6 is 0 Å². The molecule has 1 aromatic carbocycles. The molecule has 1 aromatic heterocycles. The van der Waals surface area contributed by atoms with E-state index in [-0.39, 0.29) is 5.88 Å². The standard InChI is InChI=1S/C12H12N2O/c15-12-11(7-4-8-13-12)14-9-10-5-2-1-3-6-10/h1-8,14H,9H2,(H,13,15). The fourth-order valence-corrected chi connectivity index (χ4v) is 1.33. The highest BCUT2D eigenvalue weighted by Gasteiger charge is 1.99. The van der Waals surface area contributed by atoms with E-state index in [0.717, 1.165) is 0 Å². The van der Waals surface area contributed by atoms with E-state index in [1.54, 1.807) is 18.3 Å². The van der Waals surface area contributed by atoms with Crippen LogP contribution < -0.4 is 5.32 Å². The van der Waals surface area contributed by atoms with Crippen molar-refractivity contribution in [3.63, 3.8) is 0 Å². The summed E-state index contributed by atoms with van der Waals surface area (Å²) >= 11 is 0. The van der Waals surface area contributed by atoms with Gasteiger partial charge in [0, 0.05) is 12.7 Å². The van der Waals surface area contributed by atoms with Gasteiger partial charge in [-0.2, -0.15) is 0 Å². The summed E-state index contributed by atoms with van der Waals surface area (Å²) in [5.41, 5.74) is 1.82. The van der Waals surface area contributed by atoms with Gasteiger partial charge in [-0.05, 0) is 17.7 Å². The molecule has 76 valence electrons. The lowest BCUT2D eigenvalue weighted by Gasteiger charge is -2.06. The van der Waals surface area contributed by atoms with Gasteiger partial charge in [-0.15, -0.1) is 0 Å². The monoisotopic (exact) mass is 200 g/mol. The van der Waals surface area contributed by atoms with Crippen LogP contribution in [0.2, 0.25) is 0 Å². The van der Waals surface area contributed by atoms with Crippen LogP contribution in [0.1, 0.15) is 5.56 Å². The summed E-state index contributed by atoms with van der Waals surface area (Å²) in [6, 6.07) is 13.6. The molecule has 0 atom stereocenters. The highest BCUT2D eigenvalue weighted by atomic mass is 16.3. The number of anilines is 1. The quantitative estimate of drug-likeness (QED) is 0.799. The molecule has 3 nitrogen and oxygen atoms in total. The Morgan fingerprint density at radius 2 is 1.87 bits per heavy atom. The van der Waals surface area contributed by atoms with E-state index in [1.165, 1.54) is 5.56 Å². The first-order valence-electron chi connectivity index (χ1n) is 4.78. The van der Waals surface area contributed by atoms with Crippen molar-refractivity contribution in [1.29, 1.82) is 0 Å². The van der Waals surface area contributed by atoms with Gasteiger partial charge >= 0.3 is 0 Å². The van der Waals surface area contributed by atoms with Crippen LogP contribution in [0.3, 0.4) is 0 Å². The number of benzene rings is 1. The first-order valence-corrected chi connectivity index (χ1v) is 4.78. The van der Waals surface area contributed by atoms with Crippen LogP contribution in [0.4, 0.5) is 5.69 Å². The third-order valence-corrected chi connectivity index (χ3v) is 2.11. The van der Waals surface area contributed by atoms with E-state index in [9.17, 15) is 5.11 Å². The van der Waals surface area contributed by atoms with E-state index in [0.29, 0.717) is 12.2 Å². The molecule has 0 radical (unpaired) electrons. The summed E-state index contributed by atoms with van der Waals surface area (Å²) in [7, 11) is 0. The molecule has 2 aromatic rings. The van der Waals surface area contributed by atoms with Crippen molar-refractivity contribution in [3.05, 3.63) is 54.2 Å². The molecule has 0 aliphatic heterocycles. The van der Waals surface area contributed by atoms with Crippen molar-refractivity contribution in [3.8, 4) is 5.88 Å². The number of aromatic hydroxyl groups is 1. The van der Waals surface area contributed by atoms with Crippen molar-refractivity contribution in [2.24, 2.45) is 0 Å². The zero-order chi connectivity index (χ0) is 10.5. The molecule has 2 N–H and O–H groups in total. The average molecular weight is 200 g/mol. The molecule has 1 heterocycles. The Hall–Kier alpha value is -2.03. The summed E-state index contributed by atoms with van der Waals surface area (Å²) in [5, 5.41) is 12.5. The molecule has 0 saturated carbocycles. The van der Waals surface area contributed by atoms with Gasteiger partial charge < -0.3 is 10.4 Å². The van der Waals surface area contributed by atoms with Gasteiger partial charge in [0.25, 0.3) is 0 Å². The smallest absolute Gasteiger partial charge is 0.234 e. The highest BCUT2D eigenvalue weighted by molar-refractivity contribution is 5.51.